The van der Waals surface area contributed by atoms with Gasteiger partial charge in [0.25, 0.3) is 0 Å². The summed E-state index contributed by atoms with van der Waals surface area (Å²) in [6, 6.07) is 10.7. The summed E-state index contributed by atoms with van der Waals surface area (Å²) in [5, 5.41) is 11.0. The van der Waals surface area contributed by atoms with Crippen molar-refractivity contribution in [3.63, 3.8) is 0 Å². The zero-order chi connectivity index (χ0) is 12.9. The van der Waals surface area contributed by atoms with Crippen molar-refractivity contribution in [1.29, 1.82) is 0 Å². The first-order valence-electron chi connectivity index (χ1n) is 6.77. The minimum Gasteiger partial charge on any atom is -0.301 e. The molecule has 1 aromatic heterocycles. The van der Waals surface area contributed by atoms with Crippen LogP contribution in [0.3, 0.4) is 0 Å². The maximum absolute atomic E-state index is 4.16. The first-order chi connectivity index (χ1) is 9.29. The van der Waals surface area contributed by atoms with Crippen molar-refractivity contribution < 1.29 is 0 Å². The molecule has 1 aliphatic heterocycles. The van der Waals surface area contributed by atoms with Gasteiger partial charge in [0.15, 0.2) is 0 Å². The van der Waals surface area contributed by atoms with E-state index in [1.54, 1.807) is 0 Å². The molecular formula is C16H17N3. The summed E-state index contributed by atoms with van der Waals surface area (Å²) >= 11 is 0. The van der Waals surface area contributed by atoms with Gasteiger partial charge in [0.1, 0.15) is 0 Å². The van der Waals surface area contributed by atoms with Gasteiger partial charge in [-0.3, -0.25) is 5.10 Å². The van der Waals surface area contributed by atoms with Crippen molar-refractivity contribution >= 4 is 0 Å². The predicted octanol–water partition coefficient (Wildman–Crippen LogP) is 2.51. The van der Waals surface area contributed by atoms with E-state index in [2.05, 4.69) is 64.9 Å². The molecule has 1 aromatic carbocycles. The highest BCUT2D eigenvalue weighted by molar-refractivity contribution is 5.50. The Morgan fingerprint density at radius 3 is 2.58 bits per heavy atom. The van der Waals surface area contributed by atoms with E-state index in [0.29, 0.717) is 0 Å². The number of nitrogens with one attached hydrogen (secondary N) is 2. The third-order valence-corrected chi connectivity index (χ3v) is 4.79. The first kappa shape index (κ1) is 11.0. The fourth-order valence-electron chi connectivity index (χ4n) is 3.63. The van der Waals surface area contributed by atoms with Crippen LogP contribution in [-0.2, 0) is 5.54 Å². The molecule has 3 heteroatoms. The molecule has 4 rings (SSSR count). The molecule has 2 atom stereocenters. The number of nitrogens with zero attached hydrogens (tertiary/aromatic N) is 1. The molecule has 0 amide bonds. The fraction of sp³-hybridized carbons (Fsp3) is 0.312. The average Bonchev–Trinajstić information content (AvgIpc) is 2.83. The number of hydrogen-bond acceptors (Lipinski definition) is 2. The number of benzene rings is 1. The SMILES string of the molecule is Cc1ccccc1C1(c2ccn[nH]2)NCC12C=CC2. The van der Waals surface area contributed by atoms with Crippen LogP contribution >= 0.6 is 0 Å². The summed E-state index contributed by atoms with van der Waals surface area (Å²) in [4.78, 5) is 0. The summed E-state index contributed by atoms with van der Waals surface area (Å²) < 4.78 is 0. The Bertz CT molecular complexity index is 644. The lowest BCUT2D eigenvalue weighted by Gasteiger charge is -2.62. The van der Waals surface area contributed by atoms with Crippen molar-refractivity contribution in [3.8, 4) is 0 Å². The molecule has 2 N–H and O–H groups in total. The fourth-order valence-corrected chi connectivity index (χ4v) is 3.63. The maximum Gasteiger partial charge on any atom is 0.0968 e. The van der Waals surface area contributed by atoms with E-state index in [4.69, 9.17) is 0 Å². The molecule has 1 spiro atoms. The molecule has 2 aliphatic rings. The molecule has 3 nitrogen and oxygen atoms in total. The van der Waals surface area contributed by atoms with Crippen molar-refractivity contribution in [2.45, 2.75) is 18.9 Å². The predicted molar refractivity (Wildman–Crippen MR) is 74.7 cm³/mol. The number of hydrogen-bond donors (Lipinski definition) is 2. The second kappa shape index (κ2) is 3.58. The van der Waals surface area contributed by atoms with Gasteiger partial charge < -0.3 is 5.32 Å². The Labute approximate surface area is 112 Å². The first-order valence-corrected chi connectivity index (χ1v) is 6.77. The van der Waals surface area contributed by atoms with Crippen LogP contribution < -0.4 is 5.32 Å². The molecule has 1 aliphatic carbocycles. The zero-order valence-electron chi connectivity index (χ0n) is 11.0. The number of H-pyrrole nitrogens is 1. The average molecular weight is 251 g/mol. The van der Waals surface area contributed by atoms with E-state index in [1.165, 1.54) is 11.1 Å². The summed E-state index contributed by atoms with van der Waals surface area (Å²) in [6.07, 6.45) is 7.60. The van der Waals surface area contributed by atoms with Crippen molar-refractivity contribution in [3.05, 3.63) is 65.5 Å². The van der Waals surface area contributed by atoms with E-state index in [1.807, 2.05) is 6.20 Å². The lowest BCUT2D eigenvalue weighted by atomic mass is 9.52. The van der Waals surface area contributed by atoms with Crippen molar-refractivity contribution in [2.75, 3.05) is 6.54 Å². The highest BCUT2D eigenvalue weighted by Gasteiger charge is 2.62. The molecule has 2 heterocycles. The van der Waals surface area contributed by atoms with Gasteiger partial charge in [-0.15, -0.1) is 0 Å². The van der Waals surface area contributed by atoms with Crippen LogP contribution in [-0.4, -0.2) is 16.7 Å². The van der Waals surface area contributed by atoms with Gasteiger partial charge in [0.05, 0.1) is 11.2 Å². The summed E-state index contributed by atoms with van der Waals surface area (Å²) in [6.45, 7) is 3.22. The van der Waals surface area contributed by atoms with Gasteiger partial charge in [0.2, 0.25) is 0 Å². The molecular weight excluding hydrogens is 234 g/mol. The Balaban J connectivity index is 1.96. The van der Waals surface area contributed by atoms with E-state index in [9.17, 15) is 0 Å². The lowest BCUT2D eigenvalue weighted by Crippen LogP contribution is -2.72. The number of allylic oxidation sites excluding steroid dienone is 1. The minimum absolute atomic E-state index is 0.135. The molecule has 1 fully saturated rings. The van der Waals surface area contributed by atoms with Crippen LogP contribution in [0.1, 0.15) is 23.2 Å². The Hall–Kier alpha value is -1.87. The quantitative estimate of drug-likeness (QED) is 0.805. The van der Waals surface area contributed by atoms with Crippen LogP contribution in [0.5, 0.6) is 0 Å². The molecule has 0 bridgehead atoms. The van der Waals surface area contributed by atoms with Crippen LogP contribution in [0, 0.1) is 12.3 Å². The van der Waals surface area contributed by atoms with E-state index in [-0.39, 0.29) is 11.0 Å². The minimum atomic E-state index is -0.135. The summed E-state index contributed by atoms with van der Waals surface area (Å²) in [5.41, 5.74) is 3.92. The Morgan fingerprint density at radius 1 is 1.21 bits per heavy atom. The third kappa shape index (κ3) is 1.19. The molecule has 0 saturated carbocycles. The number of aryl methyl sites for hydroxylation is 1. The number of aromatic nitrogens is 2. The van der Waals surface area contributed by atoms with Gasteiger partial charge in [-0.25, -0.2) is 0 Å². The molecule has 1 saturated heterocycles. The third-order valence-electron chi connectivity index (χ3n) is 4.79. The molecule has 2 aromatic rings. The highest BCUT2D eigenvalue weighted by atomic mass is 15.2. The van der Waals surface area contributed by atoms with Crippen molar-refractivity contribution in [2.24, 2.45) is 5.41 Å². The largest absolute Gasteiger partial charge is 0.301 e. The molecule has 0 radical (unpaired) electrons. The number of rotatable bonds is 2. The standard InChI is InChI=1S/C16H17N3/c1-12-5-2-3-6-13(12)16(14-7-10-18-19-14)15(11-17-16)8-4-9-15/h2-8,10,17H,9,11H2,1H3,(H,18,19). The summed E-state index contributed by atoms with van der Waals surface area (Å²) in [7, 11) is 0. The molecule has 19 heavy (non-hydrogen) atoms. The zero-order valence-corrected chi connectivity index (χ0v) is 11.0. The second-order valence-corrected chi connectivity index (χ2v) is 5.65. The maximum atomic E-state index is 4.16. The van der Waals surface area contributed by atoms with E-state index < -0.39 is 0 Å². The molecule has 2 unspecified atom stereocenters. The number of aromatic amines is 1. The van der Waals surface area contributed by atoms with Crippen LogP contribution in [0.4, 0.5) is 0 Å². The molecule has 96 valence electrons. The van der Waals surface area contributed by atoms with Crippen LogP contribution in [0.15, 0.2) is 48.7 Å². The van der Waals surface area contributed by atoms with Gasteiger partial charge >= 0.3 is 0 Å². The normalized spacial score (nSPS) is 32.1. The van der Waals surface area contributed by atoms with Gasteiger partial charge in [-0.1, -0.05) is 36.4 Å². The second-order valence-electron chi connectivity index (χ2n) is 5.65. The van der Waals surface area contributed by atoms with Crippen LogP contribution in [0.2, 0.25) is 0 Å². The van der Waals surface area contributed by atoms with Gasteiger partial charge in [0, 0.05) is 18.2 Å². The topological polar surface area (TPSA) is 40.7 Å². The van der Waals surface area contributed by atoms with Gasteiger partial charge in [-0.05, 0) is 30.5 Å². The highest BCUT2D eigenvalue weighted by Crippen LogP contribution is 2.58. The van der Waals surface area contributed by atoms with E-state index >= 15 is 0 Å². The Kier molecular flexibility index (Phi) is 2.07. The Morgan fingerprint density at radius 2 is 2.05 bits per heavy atom. The van der Waals surface area contributed by atoms with E-state index in [0.717, 1.165) is 18.7 Å². The smallest absolute Gasteiger partial charge is 0.0968 e. The van der Waals surface area contributed by atoms with Crippen LogP contribution in [0.25, 0.3) is 0 Å². The summed E-state index contributed by atoms with van der Waals surface area (Å²) in [5.74, 6) is 0. The van der Waals surface area contributed by atoms with Gasteiger partial charge in [-0.2, -0.15) is 5.10 Å². The van der Waals surface area contributed by atoms with Crippen molar-refractivity contribution in [1.82, 2.24) is 15.5 Å². The lowest BCUT2D eigenvalue weighted by molar-refractivity contribution is 0.0406. The monoisotopic (exact) mass is 251 g/mol.